The Morgan fingerprint density at radius 3 is 2.57 bits per heavy atom. The molecule has 0 saturated heterocycles. The van der Waals surface area contributed by atoms with E-state index in [2.05, 4.69) is 14.4 Å². The van der Waals surface area contributed by atoms with Gasteiger partial charge in [-0.05, 0) is 35.6 Å². The van der Waals surface area contributed by atoms with Gasteiger partial charge in [0.2, 0.25) is 10.0 Å². The van der Waals surface area contributed by atoms with Crippen LogP contribution in [0, 0.1) is 0 Å². The summed E-state index contributed by atoms with van der Waals surface area (Å²) in [6.07, 6.45) is 0.341. The summed E-state index contributed by atoms with van der Waals surface area (Å²) in [6.45, 7) is 0. The van der Waals surface area contributed by atoms with Crippen LogP contribution in [-0.2, 0) is 27.7 Å². The molecule has 2 heterocycles. The summed E-state index contributed by atoms with van der Waals surface area (Å²) >= 11 is 0.601. The molecule has 0 amide bonds. The lowest BCUT2D eigenvalue weighted by atomic mass is 10.0. The van der Waals surface area contributed by atoms with Gasteiger partial charge in [0.15, 0.2) is 0 Å². The van der Waals surface area contributed by atoms with Crippen LogP contribution in [0.15, 0.2) is 47.2 Å². The molecule has 0 bridgehead atoms. The van der Waals surface area contributed by atoms with Crippen molar-refractivity contribution in [2.24, 2.45) is 5.73 Å². The van der Waals surface area contributed by atoms with Crippen LogP contribution in [0.2, 0.25) is 0 Å². The topological polar surface area (TPSA) is 137 Å². The summed E-state index contributed by atoms with van der Waals surface area (Å²) in [6, 6.07) is 9.97. The second-order valence-electron chi connectivity index (χ2n) is 5.74. The number of rotatable bonds is 9. The zero-order valence-corrected chi connectivity index (χ0v) is 17.7. The first-order valence-corrected chi connectivity index (χ1v) is 12.5. The minimum atomic E-state index is -3.65. The SMILES string of the molecule is NCS(=O)(=O)N[C@@H](Cc1ccc(NS(=O)[O-])cc1)c1csc(-c2cccs2)n1. The van der Waals surface area contributed by atoms with Gasteiger partial charge in [0, 0.05) is 22.3 Å². The number of anilines is 1. The van der Waals surface area contributed by atoms with E-state index >= 15 is 0 Å². The van der Waals surface area contributed by atoms with Gasteiger partial charge in [-0.3, -0.25) is 4.21 Å². The molecule has 8 nitrogen and oxygen atoms in total. The fourth-order valence-corrected chi connectivity index (χ4v) is 5.22. The standard InChI is InChI=1S/C16H18N4O4S4/c17-10-28(23,24)20-13(8-11-3-5-12(6-4-11)19-27(21)22)14-9-26-16(18-14)15-2-1-7-25-15/h1-7,9,13,19-20H,8,10,17H2,(H,21,22)/p-1/t13-/m0/s1. The van der Waals surface area contributed by atoms with E-state index in [-0.39, 0.29) is 0 Å². The van der Waals surface area contributed by atoms with E-state index < -0.39 is 33.2 Å². The van der Waals surface area contributed by atoms with Crippen molar-refractivity contribution in [2.75, 3.05) is 10.6 Å². The van der Waals surface area contributed by atoms with Crippen LogP contribution in [0.1, 0.15) is 17.3 Å². The van der Waals surface area contributed by atoms with Gasteiger partial charge in [0.1, 0.15) is 10.9 Å². The first kappa shape index (κ1) is 21.0. The zero-order chi connectivity index (χ0) is 20.1. The van der Waals surface area contributed by atoms with Gasteiger partial charge in [-0.25, -0.2) is 18.1 Å². The molecule has 0 radical (unpaired) electrons. The maximum atomic E-state index is 12.0. The van der Waals surface area contributed by atoms with Crippen molar-refractivity contribution in [3.05, 3.63) is 58.4 Å². The van der Waals surface area contributed by atoms with E-state index in [1.165, 1.54) is 11.3 Å². The Kier molecular flexibility index (Phi) is 6.93. The van der Waals surface area contributed by atoms with Crippen molar-refractivity contribution in [3.63, 3.8) is 0 Å². The number of hydrogen-bond acceptors (Lipinski definition) is 8. The predicted octanol–water partition coefficient (Wildman–Crippen LogP) is 2.20. The summed E-state index contributed by atoms with van der Waals surface area (Å²) in [5.74, 6) is -0.524. The number of sulfonamides is 1. The molecule has 0 aliphatic heterocycles. The predicted molar refractivity (Wildman–Crippen MR) is 112 cm³/mol. The number of thiophene rings is 1. The summed E-state index contributed by atoms with van der Waals surface area (Å²) < 4.78 is 50.4. The van der Waals surface area contributed by atoms with Crippen molar-refractivity contribution in [3.8, 4) is 9.88 Å². The monoisotopic (exact) mass is 457 g/mol. The van der Waals surface area contributed by atoms with Gasteiger partial charge in [-0.2, -0.15) is 0 Å². The van der Waals surface area contributed by atoms with Gasteiger partial charge in [-0.15, -0.1) is 22.7 Å². The van der Waals surface area contributed by atoms with Crippen molar-refractivity contribution >= 4 is 49.7 Å². The van der Waals surface area contributed by atoms with Gasteiger partial charge in [0.25, 0.3) is 0 Å². The smallest absolute Gasteiger partial charge is 0.225 e. The molecule has 1 unspecified atom stereocenters. The molecule has 0 aliphatic carbocycles. The Morgan fingerprint density at radius 1 is 1.21 bits per heavy atom. The van der Waals surface area contributed by atoms with Crippen LogP contribution in [-0.4, -0.2) is 28.0 Å². The Balaban J connectivity index is 1.84. The molecule has 0 fully saturated rings. The molecular formula is C16H17N4O4S4-. The Labute approximate surface area is 173 Å². The lowest BCUT2D eigenvalue weighted by molar-refractivity contribution is 0.542. The summed E-state index contributed by atoms with van der Waals surface area (Å²) in [5.41, 5.74) is 7.18. The highest BCUT2D eigenvalue weighted by atomic mass is 32.2. The maximum Gasteiger partial charge on any atom is 0.225 e. The van der Waals surface area contributed by atoms with Crippen LogP contribution in [0.5, 0.6) is 0 Å². The number of nitrogens with two attached hydrogens (primary N) is 1. The number of thiazole rings is 1. The summed E-state index contributed by atoms with van der Waals surface area (Å²) in [4.78, 5) is 5.60. The van der Waals surface area contributed by atoms with Crippen molar-refractivity contribution in [2.45, 2.75) is 12.5 Å². The van der Waals surface area contributed by atoms with E-state index in [1.807, 2.05) is 22.9 Å². The third-order valence-electron chi connectivity index (χ3n) is 3.75. The van der Waals surface area contributed by atoms with E-state index in [1.54, 1.807) is 35.6 Å². The Bertz CT molecular complexity index is 1030. The number of nitrogens with zero attached hydrogens (tertiary/aromatic N) is 1. The Morgan fingerprint density at radius 2 is 1.96 bits per heavy atom. The van der Waals surface area contributed by atoms with Crippen LogP contribution < -0.4 is 15.2 Å². The van der Waals surface area contributed by atoms with Gasteiger partial charge in [-0.1, -0.05) is 18.2 Å². The average molecular weight is 458 g/mol. The van der Waals surface area contributed by atoms with E-state index in [0.717, 1.165) is 15.4 Å². The molecule has 150 valence electrons. The normalized spacial score (nSPS) is 13.9. The number of hydrogen-bond donors (Lipinski definition) is 3. The lowest BCUT2D eigenvalue weighted by Crippen LogP contribution is -2.34. The summed E-state index contributed by atoms with van der Waals surface area (Å²) in [5, 5.41) is 4.60. The zero-order valence-electron chi connectivity index (χ0n) is 14.4. The third kappa shape index (κ3) is 5.67. The van der Waals surface area contributed by atoms with Gasteiger partial charge in [0.05, 0.1) is 16.6 Å². The maximum absolute atomic E-state index is 12.0. The second-order valence-corrected chi connectivity index (χ2v) is 10.0. The fourth-order valence-electron chi connectivity index (χ4n) is 2.47. The molecule has 28 heavy (non-hydrogen) atoms. The molecule has 2 aromatic heterocycles. The average Bonchev–Trinajstić information content (AvgIpc) is 3.34. The minimum absolute atomic E-state index is 0.341. The van der Waals surface area contributed by atoms with Crippen LogP contribution in [0.3, 0.4) is 0 Å². The highest BCUT2D eigenvalue weighted by Gasteiger charge is 2.22. The van der Waals surface area contributed by atoms with E-state index in [4.69, 9.17) is 5.73 Å². The molecule has 3 rings (SSSR count). The lowest BCUT2D eigenvalue weighted by Gasteiger charge is -2.17. The molecule has 4 N–H and O–H groups in total. The van der Waals surface area contributed by atoms with Gasteiger partial charge < -0.3 is 15.0 Å². The van der Waals surface area contributed by atoms with Crippen molar-refractivity contribution < 1.29 is 17.2 Å². The van der Waals surface area contributed by atoms with Crippen molar-refractivity contribution in [1.29, 1.82) is 0 Å². The highest BCUT2D eigenvalue weighted by molar-refractivity contribution is 7.89. The highest BCUT2D eigenvalue weighted by Crippen LogP contribution is 2.31. The molecule has 0 saturated carbocycles. The van der Waals surface area contributed by atoms with E-state index in [0.29, 0.717) is 17.8 Å². The molecule has 0 spiro atoms. The fraction of sp³-hybridized carbons (Fsp3) is 0.188. The number of nitrogens with one attached hydrogen (secondary N) is 2. The largest absolute Gasteiger partial charge is 0.755 e. The van der Waals surface area contributed by atoms with E-state index in [9.17, 15) is 17.2 Å². The third-order valence-corrected chi connectivity index (χ3v) is 7.13. The molecule has 2 atom stereocenters. The van der Waals surface area contributed by atoms with Crippen LogP contribution >= 0.6 is 22.7 Å². The summed E-state index contributed by atoms with van der Waals surface area (Å²) in [7, 11) is -3.65. The van der Waals surface area contributed by atoms with Gasteiger partial charge >= 0.3 is 0 Å². The first-order chi connectivity index (χ1) is 13.4. The molecule has 1 aromatic carbocycles. The molecule has 0 aliphatic rings. The van der Waals surface area contributed by atoms with Crippen LogP contribution in [0.4, 0.5) is 5.69 Å². The minimum Gasteiger partial charge on any atom is -0.755 e. The molecular weight excluding hydrogens is 440 g/mol. The molecule has 3 aromatic rings. The van der Waals surface area contributed by atoms with Crippen LogP contribution in [0.25, 0.3) is 9.88 Å². The second kappa shape index (κ2) is 9.22. The number of aromatic nitrogens is 1. The first-order valence-electron chi connectivity index (χ1n) is 8.00. The quantitative estimate of drug-likeness (QED) is 0.421. The van der Waals surface area contributed by atoms with Crippen molar-refractivity contribution in [1.82, 2.24) is 9.71 Å². The number of benzene rings is 1. The Hall–Kier alpha value is -1.67. The molecule has 12 heteroatoms.